The molecule has 0 aliphatic rings. The topological polar surface area (TPSA) is 9.23 Å². The van der Waals surface area contributed by atoms with E-state index in [2.05, 4.69) is 0 Å². The molecule has 0 unspecified atom stereocenters. The van der Waals surface area contributed by atoms with Gasteiger partial charge in [-0.3, -0.25) is 0 Å². The summed E-state index contributed by atoms with van der Waals surface area (Å²) >= 11 is 24.9. The number of hydrogen-bond donors (Lipinski definition) is 0. The SMILES string of the molecule is CC[C@H](C)Oc1cc(Cl)c(-c2cc(Cl)ccc2Cl)c(Cl)c1. The number of rotatable bonds is 4. The van der Waals surface area contributed by atoms with Crippen molar-refractivity contribution in [2.24, 2.45) is 0 Å². The highest BCUT2D eigenvalue weighted by Gasteiger charge is 2.15. The zero-order valence-corrected chi connectivity index (χ0v) is 14.6. The van der Waals surface area contributed by atoms with Crippen molar-refractivity contribution < 1.29 is 4.74 Å². The monoisotopic (exact) mass is 362 g/mol. The van der Waals surface area contributed by atoms with E-state index in [0.717, 1.165) is 6.42 Å². The van der Waals surface area contributed by atoms with Gasteiger partial charge in [0.2, 0.25) is 0 Å². The van der Waals surface area contributed by atoms with Crippen molar-refractivity contribution in [3.63, 3.8) is 0 Å². The van der Waals surface area contributed by atoms with Crippen molar-refractivity contribution in [2.45, 2.75) is 26.4 Å². The molecular formula is C16H14Cl4O. The first kappa shape index (κ1) is 16.8. The summed E-state index contributed by atoms with van der Waals surface area (Å²) in [6.07, 6.45) is 0.995. The van der Waals surface area contributed by atoms with Crippen LogP contribution < -0.4 is 4.74 Å². The van der Waals surface area contributed by atoms with Crippen molar-refractivity contribution in [3.8, 4) is 16.9 Å². The molecule has 21 heavy (non-hydrogen) atoms. The first-order valence-corrected chi connectivity index (χ1v) is 8.04. The van der Waals surface area contributed by atoms with Crippen LogP contribution in [0.3, 0.4) is 0 Å². The number of ether oxygens (including phenoxy) is 1. The largest absolute Gasteiger partial charge is 0.491 e. The highest BCUT2D eigenvalue weighted by atomic mass is 35.5. The number of hydrogen-bond acceptors (Lipinski definition) is 1. The van der Waals surface area contributed by atoms with Crippen LogP contribution in [0.2, 0.25) is 20.1 Å². The third-order valence-electron chi connectivity index (χ3n) is 3.13. The van der Waals surface area contributed by atoms with Gasteiger partial charge in [0.05, 0.1) is 16.1 Å². The molecule has 0 bridgehead atoms. The van der Waals surface area contributed by atoms with Crippen molar-refractivity contribution in [1.82, 2.24) is 0 Å². The van der Waals surface area contributed by atoms with Gasteiger partial charge in [0.1, 0.15) is 5.75 Å². The summed E-state index contributed by atoms with van der Waals surface area (Å²) < 4.78 is 5.74. The fourth-order valence-corrected chi connectivity index (χ4v) is 2.93. The van der Waals surface area contributed by atoms with Gasteiger partial charge >= 0.3 is 0 Å². The highest BCUT2D eigenvalue weighted by molar-refractivity contribution is 6.41. The summed E-state index contributed by atoms with van der Waals surface area (Å²) in [4.78, 5) is 0. The second-order valence-electron chi connectivity index (χ2n) is 4.72. The lowest BCUT2D eigenvalue weighted by Crippen LogP contribution is -2.09. The lowest BCUT2D eigenvalue weighted by Gasteiger charge is -2.16. The molecule has 112 valence electrons. The normalized spacial score (nSPS) is 12.3. The maximum absolute atomic E-state index is 6.35. The minimum atomic E-state index is 0.0951. The Hall–Kier alpha value is -0.600. The molecule has 0 spiro atoms. The van der Waals surface area contributed by atoms with Gasteiger partial charge in [-0.15, -0.1) is 0 Å². The lowest BCUT2D eigenvalue weighted by atomic mass is 10.1. The zero-order chi connectivity index (χ0) is 15.6. The first-order valence-electron chi connectivity index (χ1n) is 6.53. The zero-order valence-electron chi connectivity index (χ0n) is 11.6. The molecule has 2 aromatic carbocycles. The minimum Gasteiger partial charge on any atom is -0.491 e. The Balaban J connectivity index is 2.48. The summed E-state index contributed by atoms with van der Waals surface area (Å²) in [5.41, 5.74) is 1.36. The molecule has 0 aliphatic carbocycles. The Bertz CT molecular complexity index is 632. The predicted molar refractivity (Wildman–Crippen MR) is 92.3 cm³/mol. The van der Waals surface area contributed by atoms with E-state index in [9.17, 15) is 0 Å². The lowest BCUT2D eigenvalue weighted by molar-refractivity contribution is 0.217. The second kappa shape index (κ2) is 7.11. The molecule has 0 heterocycles. The van der Waals surface area contributed by atoms with Crippen LogP contribution in [0.25, 0.3) is 11.1 Å². The molecular weight excluding hydrogens is 350 g/mol. The van der Waals surface area contributed by atoms with Crippen LogP contribution in [0.15, 0.2) is 30.3 Å². The van der Waals surface area contributed by atoms with Crippen LogP contribution in [-0.2, 0) is 0 Å². The van der Waals surface area contributed by atoms with Gasteiger partial charge in [-0.05, 0) is 43.7 Å². The Morgan fingerprint density at radius 2 is 1.57 bits per heavy atom. The molecule has 0 saturated carbocycles. The van der Waals surface area contributed by atoms with E-state index in [0.29, 0.717) is 37.0 Å². The molecule has 1 nitrogen and oxygen atoms in total. The molecule has 5 heteroatoms. The number of benzene rings is 2. The Labute approximate surface area is 144 Å². The van der Waals surface area contributed by atoms with Crippen molar-refractivity contribution in [1.29, 1.82) is 0 Å². The molecule has 0 amide bonds. The summed E-state index contributed by atoms with van der Waals surface area (Å²) in [5.74, 6) is 0.640. The summed E-state index contributed by atoms with van der Waals surface area (Å²) in [6.45, 7) is 4.04. The van der Waals surface area contributed by atoms with Crippen LogP contribution >= 0.6 is 46.4 Å². The second-order valence-corrected chi connectivity index (χ2v) is 6.38. The molecule has 0 fully saturated rings. The van der Waals surface area contributed by atoms with E-state index in [4.69, 9.17) is 51.1 Å². The van der Waals surface area contributed by atoms with Crippen LogP contribution in [0.4, 0.5) is 0 Å². The fraction of sp³-hybridized carbons (Fsp3) is 0.250. The number of halogens is 4. The molecule has 0 radical (unpaired) electrons. The van der Waals surface area contributed by atoms with E-state index >= 15 is 0 Å². The highest BCUT2D eigenvalue weighted by Crippen LogP contribution is 2.42. The predicted octanol–water partition coefficient (Wildman–Crippen LogP) is 7.14. The Morgan fingerprint density at radius 1 is 0.952 bits per heavy atom. The van der Waals surface area contributed by atoms with Gasteiger partial charge in [0.15, 0.2) is 0 Å². The molecule has 1 atom stereocenters. The van der Waals surface area contributed by atoms with E-state index in [1.165, 1.54) is 0 Å². The third-order valence-corrected chi connectivity index (χ3v) is 4.29. The Morgan fingerprint density at radius 3 is 2.14 bits per heavy atom. The third kappa shape index (κ3) is 3.98. The fourth-order valence-electron chi connectivity index (χ4n) is 1.88. The van der Waals surface area contributed by atoms with Crippen molar-refractivity contribution >= 4 is 46.4 Å². The molecule has 0 aromatic heterocycles. The summed E-state index contributed by atoms with van der Waals surface area (Å²) in [7, 11) is 0. The first-order chi connectivity index (χ1) is 9.92. The van der Waals surface area contributed by atoms with Crippen molar-refractivity contribution in [2.75, 3.05) is 0 Å². The maximum Gasteiger partial charge on any atom is 0.122 e. The van der Waals surface area contributed by atoms with Crippen molar-refractivity contribution in [3.05, 3.63) is 50.4 Å². The maximum atomic E-state index is 6.35. The van der Waals surface area contributed by atoms with Crippen LogP contribution in [-0.4, -0.2) is 6.10 Å². The molecule has 0 N–H and O–H groups in total. The summed E-state index contributed by atoms with van der Waals surface area (Å²) in [6, 6.07) is 8.66. The van der Waals surface area contributed by atoms with Crippen LogP contribution in [0.1, 0.15) is 20.3 Å². The van der Waals surface area contributed by atoms with Gasteiger partial charge in [0, 0.05) is 21.2 Å². The molecule has 0 saturated heterocycles. The smallest absolute Gasteiger partial charge is 0.122 e. The molecule has 2 rings (SSSR count). The van der Waals surface area contributed by atoms with E-state index in [1.807, 2.05) is 13.8 Å². The standard InChI is InChI=1S/C16H14Cl4O/c1-3-9(2)21-11-7-14(19)16(15(20)8-11)12-6-10(17)4-5-13(12)18/h4-9H,3H2,1-2H3/t9-/m0/s1. The molecule has 2 aromatic rings. The average Bonchev–Trinajstić information content (AvgIpc) is 2.41. The Kier molecular flexibility index (Phi) is 5.67. The van der Waals surface area contributed by atoms with Gasteiger partial charge in [-0.2, -0.15) is 0 Å². The van der Waals surface area contributed by atoms with Gasteiger partial charge in [-0.25, -0.2) is 0 Å². The molecule has 0 aliphatic heterocycles. The summed E-state index contributed by atoms with van der Waals surface area (Å²) in [5, 5.41) is 2.06. The van der Waals surface area contributed by atoms with Gasteiger partial charge in [0.25, 0.3) is 0 Å². The van der Waals surface area contributed by atoms with Crippen LogP contribution in [0.5, 0.6) is 5.75 Å². The van der Waals surface area contributed by atoms with Gasteiger partial charge in [-0.1, -0.05) is 53.3 Å². The van der Waals surface area contributed by atoms with Crippen LogP contribution in [0, 0.1) is 0 Å². The van der Waals surface area contributed by atoms with E-state index < -0.39 is 0 Å². The van der Waals surface area contributed by atoms with Gasteiger partial charge < -0.3 is 4.74 Å². The average molecular weight is 364 g/mol. The quantitative estimate of drug-likeness (QED) is 0.560. The van der Waals surface area contributed by atoms with E-state index in [-0.39, 0.29) is 6.10 Å². The van der Waals surface area contributed by atoms with E-state index in [1.54, 1.807) is 30.3 Å². The minimum absolute atomic E-state index is 0.0951.